The number of nitrogens with zero attached hydrogens (tertiary/aromatic N) is 3. The number of amides is 2. The average molecular weight is 290 g/mol. The third kappa shape index (κ3) is 3.24. The molecule has 2 amide bonds. The zero-order chi connectivity index (χ0) is 15.5. The fourth-order valence-electron chi connectivity index (χ4n) is 2.45. The molecule has 1 aromatic carbocycles. The summed E-state index contributed by atoms with van der Waals surface area (Å²) in [5.41, 5.74) is -0.503. The first kappa shape index (κ1) is 15.1. The minimum absolute atomic E-state index is 0.0626. The number of hydrogen-bond donors (Lipinski definition) is 1. The van der Waals surface area contributed by atoms with Gasteiger partial charge in [-0.3, -0.25) is 0 Å². The van der Waals surface area contributed by atoms with Gasteiger partial charge in [-0.05, 0) is 12.1 Å². The highest BCUT2D eigenvalue weighted by Crippen LogP contribution is 2.28. The van der Waals surface area contributed by atoms with Gasteiger partial charge >= 0.3 is 6.03 Å². The molecule has 1 aliphatic rings. The monoisotopic (exact) mass is 290 g/mol. The van der Waals surface area contributed by atoms with E-state index in [1.165, 1.54) is 11.0 Å². The van der Waals surface area contributed by atoms with E-state index >= 15 is 0 Å². The molecule has 112 valence electrons. The number of likely N-dealkylation sites (tertiary alicyclic amines) is 1. The van der Waals surface area contributed by atoms with Crippen LogP contribution in [-0.2, 0) is 0 Å². The molecule has 1 heterocycles. The van der Waals surface area contributed by atoms with Gasteiger partial charge in [0, 0.05) is 40.0 Å². The molecule has 0 radical (unpaired) electrons. The van der Waals surface area contributed by atoms with Crippen molar-refractivity contribution in [3.8, 4) is 6.07 Å². The predicted octanol–water partition coefficient (Wildman–Crippen LogP) is 2.28. The van der Waals surface area contributed by atoms with Crippen molar-refractivity contribution in [2.75, 3.05) is 32.5 Å². The lowest BCUT2D eigenvalue weighted by Crippen LogP contribution is -2.52. The minimum Gasteiger partial charge on any atom is -0.365 e. The van der Waals surface area contributed by atoms with Crippen LogP contribution < -0.4 is 5.32 Å². The van der Waals surface area contributed by atoms with Gasteiger partial charge in [0.05, 0.1) is 11.8 Å². The number of rotatable bonds is 2. The second kappa shape index (κ2) is 6.00. The Kier molecular flexibility index (Phi) is 4.32. The molecular weight excluding hydrogens is 271 g/mol. The van der Waals surface area contributed by atoms with Crippen LogP contribution in [0.25, 0.3) is 0 Å². The summed E-state index contributed by atoms with van der Waals surface area (Å²) < 4.78 is 13.7. The number of carbonyl (C=O) groups is 1. The summed E-state index contributed by atoms with van der Waals surface area (Å²) in [5, 5.41) is 12.5. The lowest BCUT2D eigenvalue weighted by atomic mass is 9.88. The maximum absolute atomic E-state index is 13.7. The molecule has 0 aromatic heterocycles. The number of piperidine rings is 1. The standard InChI is InChI=1S/C15H19FN4O/c1-19(2)14(21)20-9-7-15(11-17,8-10-20)18-13-6-4-3-5-12(13)16/h3-6,18H,7-10H2,1-2H3. The zero-order valence-corrected chi connectivity index (χ0v) is 12.3. The van der Waals surface area contributed by atoms with Crippen molar-refractivity contribution >= 4 is 11.7 Å². The quantitative estimate of drug-likeness (QED) is 0.909. The van der Waals surface area contributed by atoms with Crippen molar-refractivity contribution in [1.82, 2.24) is 9.80 Å². The minimum atomic E-state index is -0.828. The highest BCUT2D eigenvalue weighted by molar-refractivity contribution is 5.74. The number of nitrogens with one attached hydrogen (secondary N) is 1. The van der Waals surface area contributed by atoms with Crippen molar-refractivity contribution in [3.63, 3.8) is 0 Å². The highest BCUT2D eigenvalue weighted by atomic mass is 19.1. The van der Waals surface area contributed by atoms with Crippen molar-refractivity contribution < 1.29 is 9.18 Å². The lowest BCUT2D eigenvalue weighted by molar-refractivity contribution is 0.152. The van der Waals surface area contributed by atoms with Crippen molar-refractivity contribution in [1.29, 1.82) is 5.26 Å². The highest BCUT2D eigenvalue weighted by Gasteiger charge is 2.36. The molecular formula is C15H19FN4O. The number of carbonyl (C=O) groups excluding carboxylic acids is 1. The van der Waals surface area contributed by atoms with E-state index in [-0.39, 0.29) is 11.8 Å². The Bertz CT molecular complexity index is 559. The molecule has 2 rings (SSSR count). The molecule has 21 heavy (non-hydrogen) atoms. The van der Waals surface area contributed by atoms with Crippen molar-refractivity contribution in [2.45, 2.75) is 18.4 Å². The summed E-state index contributed by atoms with van der Waals surface area (Å²) in [6, 6.07) is 8.50. The van der Waals surface area contributed by atoms with Crippen LogP contribution in [-0.4, -0.2) is 48.6 Å². The average Bonchev–Trinajstić information content (AvgIpc) is 2.49. The van der Waals surface area contributed by atoms with E-state index in [0.29, 0.717) is 31.6 Å². The first-order valence-electron chi connectivity index (χ1n) is 6.88. The van der Waals surface area contributed by atoms with Crippen molar-refractivity contribution in [3.05, 3.63) is 30.1 Å². The fraction of sp³-hybridized carbons (Fsp3) is 0.467. The van der Waals surface area contributed by atoms with Gasteiger partial charge in [0.15, 0.2) is 0 Å². The van der Waals surface area contributed by atoms with Crippen LogP contribution in [0.15, 0.2) is 24.3 Å². The van der Waals surface area contributed by atoms with Crippen LogP contribution in [0.4, 0.5) is 14.9 Å². The van der Waals surface area contributed by atoms with E-state index in [2.05, 4.69) is 11.4 Å². The molecule has 5 nitrogen and oxygen atoms in total. The molecule has 0 spiro atoms. The SMILES string of the molecule is CN(C)C(=O)N1CCC(C#N)(Nc2ccccc2F)CC1. The Balaban J connectivity index is 2.07. The maximum atomic E-state index is 13.7. The normalized spacial score (nSPS) is 17.0. The Labute approximate surface area is 123 Å². The van der Waals surface area contributed by atoms with Crippen LogP contribution >= 0.6 is 0 Å². The largest absolute Gasteiger partial charge is 0.365 e. The summed E-state index contributed by atoms with van der Waals surface area (Å²) in [6.07, 6.45) is 0.939. The van der Waals surface area contributed by atoms with Crippen LogP contribution in [0.5, 0.6) is 0 Å². The van der Waals surface area contributed by atoms with Crippen LogP contribution in [0.2, 0.25) is 0 Å². The van der Waals surface area contributed by atoms with Crippen molar-refractivity contribution in [2.24, 2.45) is 0 Å². The number of hydrogen-bond acceptors (Lipinski definition) is 3. The lowest BCUT2D eigenvalue weighted by Gasteiger charge is -2.39. The molecule has 0 bridgehead atoms. The molecule has 0 saturated carbocycles. The van der Waals surface area contributed by atoms with E-state index in [1.54, 1.807) is 37.2 Å². The Hall–Kier alpha value is -2.29. The summed E-state index contributed by atoms with van der Waals surface area (Å²) in [4.78, 5) is 15.1. The summed E-state index contributed by atoms with van der Waals surface area (Å²) in [6.45, 7) is 0.956. The number of urea groups is 1. The molecule has 0 unspecified atom stereocenters. The van der Waals surface area contributed by atoms with E-state index in [9.17, 15) is 14.4 Å². The maximum Gasteiger partial charge on any atom is 0.319 e. The van der Waals surface area contributed by atoms with E-state index < -0.39 is 5.54 Å². The van der Waals surface area contributed by atoms with Gasteiger partial charge in [-0.2, -0.15) is 5.26 Å². The second-order valence-electron chi connectivity index (χ2n) is 5.46. The van der Waals surface area contributed by atoms with Crippen LogP contribution in [0, 0.1) is 17.1 Å². The number of halogens is 1. The van der Waals surface area contributed by atoms with Gasteiger partial charge in [-0.15, -0.1) is 0 Å². The Morgan fingerprint density at radius 2 is 2.00 bits per heavy atom. The molecule has 1 aromatic rings. The molecule has 1 saturated heterocycles. The van der Waals surface area contributed by atoms with Gasteiger partial charge in [-0.1, -0.05) is 12.1 Å². The summed E-state index contributed by atoms with van der Waals surface area (Å²) in [5.74, 6) is -0.376. The van der Waals surface area contributed by atoms with Gasteiger partial charge in [0.25, 0.3) is 0 Å². The number of benzene rings is 1. The Morgan fingerprint density at radius 1 is 1.38 bits per heavy atom. The topological polar surface area (TPSA) is 59.4 Å². The molecule has 1 N–H and O–H groups in total. The molecule has 6 heteroatoms. The second-order valence-corrected chi connectivity index (χ2v) is 5.46. The van der Waals surface area contributed by atoms with Gasteiger partial charge in [0.1, 0.15) is 11.4 Å². The summed E-state index contributed by atoms with van der Waals surface area (Å²) in [7, 11) is 3.40. The smallest absolute Gasteiger partial charge is 0.319 e. The van der Waals surface area contributed by atoms with E-state index in [0.717, 1.165) is 0 Å². The third-order valence-corrected chi connectivity index (χ3v) is 3.73. The zero-order valence-electron chi connectivity index (χ0n) is 12.3. The molecule has 0 aliphatic carbocycles. The number of nitriles is 1. The van der Waals surface area contributed by atoms with Gasteiger partial charge < -0.3 is 15.1 Å². The molecule has 1 fully saturated rings. The molecule has 1 aliphatic heterocycles. The number of para-hydroxylation sites is 1. The first-order chi connectivity index (χ1) is 9.97. The van der Waals surface area contributed by atoms with Gasteiger partial charge in [0.2, 0.25) is 0 Å². The van der Waals surface area contributed by atoms with Crippen LogP contribution in [0.1, 0.15) is 12.8 Å². The molecule has 0 atom stereocenters. The van der Waals surface area contributed by atoms with Gasteiger partial charge in [-0.25, -0.2) is 9.18 Å². The van der Waals surface area contributed by atoms with Crippen LogP contribution in [0.3, 0.4) is 0 Å². The van der Waals surface area contributed by atoms with E-state index in [1.807, 2.05) is 0 Å². The fourth-order valence-corrected chi connectivity index (χ4v) is 2.45. The first-order valence-corrected chi connectivity index (χ1v) is 6.88. The summed E-state index contributed by atoms with van der Waals surface area (Å²) >= 11 is 0. The third-order valence-electron chi connectivity index (χ3n) is 3.73. The van der Waals surface area contributed by atoms with E-state index in [4.69, 9.17) is 0 Å². The Morgan fingerprint density at radius 3 is 2.52 bits per heavy atom. The predicted molar refractivity (Wildman–Crippen MR) is 78.3 cm³/mol. The number of anilines is 1.